The molecule has 8 heteroatoms. The lowest BCUT2D eigenvalue weighted by Gasteiger charge is -2.16. The second-order valence-electron chi connectivity index (χ2n) is 5.58. The highest BCUT2D eigenvalue weighted by Crippen LogP contribution is 2.43. The Morgan fingerprint density at radius 1 is 1.39 bits per heavy atom. The molecule has 2 aromatic rings. The van der Waals surface area contributed by atoms with Crippen LogP contribution in [0, 0.1) is 5.92 Å². The van der Waals surface area contributed by atoms with Crippen LogP contribution in [0.4, 0.5) is 0 Å². The summed E-state index contributed by atoms with van der Waals surface area (Å²) < 4.78 is 25.7. The van der Waals surface area contributed by atoms with E-state index < -0.39 is 21.2 Å². The quantitative estimate of drug-likeness (QED) is 0.760. The van der Waals surface area contributed by atoms with Crippen LogP contribution >= 0.6 is 27.7 Å². The molecule has 1 aliphatic rings. The molecule has 1 N–H and O–H groups in total. The number of amides is 1. The van der Waals surface area contributed by atoms with Crippen LogP contribution in [0.2, 0.25) is 0 Å². The SMILES string of the molecule is CS(=O)(=O)NC(=O)C(Sc1ccnc2ccc(Br)cc12)C1CC1. The van der Waals surface area contributed by atoms with Crippen molar-refractivity contribution in [1.82, 2.24) is 9.71 Å². The van der Waals surface area contributed by atoms with E-state index in [9.17, 15) is 13.2 Å². The first-order chi connectivity index (χ1) is 10.8. The number of carbonyl (C=O) groups is 1. The van der Waals surface area contributed by atoms with E-state index in [1.54, 1.807) is 6.20 Å². The lowest BCUT2D eigenvalue weighted by atomic mass is 10.2. The van der Waals surface area contributed by atoms with Gasteiger partial charge in [-0.1, -0.05) is 15.9 Å². The second kappa shape index (κ2) is 6.41. The van der Waals surface area contributed by atoms with Gasteiger partial charge in [-0.15, -0.1) is 11.8 Å². The number of carbonyl (C=O) groups excluding carboxylic acids is 1. The molecule has 3 rings (SSSR count). The first-order valence-electron chi connectivity index (χ1n) is 7.06. The van der Waals surface area contributed by atoms with Crippen molar-refractivity contribution in [2.75, 3.05) is 6.26 Å². The fraction of sp³-hybridized carbons (Fsp3) is 0.333. The van der Waals surface area contributed by atoms with Crippen LogP contribution in [0.3, 0.4) is 0 Å². The van der Waals surface area contributed by atoms with E-state index in [0.29, 0.717) is 0 Å². The van der Waals surface area contributed by atoms with Crippen molar-refractivity contribution in [3.8, 4) is 0 Å². The molecular formula is C15H15BrN2O3S2. The van der Waals surface area contributed by atoms with Crippen LogP contribution in [-0.4, -0.2) is 30.8 Å². The van der Waals surface area contributed by atoms with Crippen molar-refractivity contribution in [3.05, 3.63) is 34.9 Å². The third-order valence-electron chi connectivity index (χ3n) is 3.51. The number of benzene rings is 1. The van der Waals surface area contributed by atoms with E-state index >= 15 is 0 Å². The monoisotopic (exact) mass is 414 g/mol. The number of nitrogens with one attached hydrogen (secondary N) is 1. The molecule has 1 unspecified atom stereocenters. The molecule has 0 radical (unpaired) electrons. The first-order valence-corrected chi connectivity index (χ1v) is 10.6. The summed E-state index contributed by atoms with van der Waals surface area (Å²) in [5, 5.41) is 0.541. The third-order valence-corrected chi connectivity index (χ3v) is 6.04. The third kappa shape index (κ3) is 4.24. The summed E-state index contributed by atoms with van der Waals surface area (Å²) in [5.74, 6) is -0.225. The van der Waals surface area contributed by atoms with Crippen molar-refractivity contribution < 1.29 is 13.2 Å². The molecule has 0 saturated heterocycles. The Kier molecular flexibility index (Phi) is 4.66. The van der Waals surface area contributed by atoms with Crippen molar-refractivity contribution in [3.63, 3.8) is 0 Å². The molecule has 5 nitrogen and oxygen atoms in total. The molecule has 1 aromatic heterocycles. The van der Waals surface area contributed by atoms with E-state index in [0.717, 1.165) is 39.4 Å². The van der Waals surface area contributed by atoms with E-state index in [-0.39, 0.29) is 5.92 Å². The Hall–Kier alpha value is -1.12. The second-order valence-corrected chi connectivity index (χ2v) is 9.43. The van der Waals surface area contributed by atoms with Crippen LogP contribution in [0.5, 0.6) is 0 Å². The number of hydrogen-bond acceptors (Lipinski definition) is 5. The molecule has 23 heavy (non-hydrogen) atoms. The zero-order valence-corrected chi connectivity index (χ0v) is 15.5. The Morgan fingerprint density at radius 3 is 2.78 bits per heavy atom. The maximum atomic E-state index is 12.3. The van der Waals surface area contributed by atoms with E-state index in [4.69, 9.17) is 0 Å². The lowest BCUT2D eigenvalue weighted by Crippen LogP contribution is -2.37. The Morgan fingerprint density at radius 2 is 2.13 bits per heavy atom. The summed E-state index contributed by atoms with van der Waals surface area (Å²) in [4.78, 5) is 17.6. The maximum absolute atomic E-state index is 12.3. The van der Waals surface area contributed by atoms with Gasteiger partial charge >= 0.3 is 0 Å². The number of sulfonamides is 1. The average molecular weight is 415 g/mol. The maximum Gasteiger partial charge on any atom is 0.247 e. The fourth-order valence-electron chi connectivity index (χ4n) is 2.34. The Labute approximate surface area is 147 Å². The number of rotatable bonds is 5. The molecule has 0 bridgehead atoms. The number of nitrogens with zero attached hydrogens (tertiary/aromatic N) is 1. The normalized spacial score (nSPS) is 16.3. The van der Waals surface area contributed by atoms with E-state index in [1.165, 1.54) is 11.8 Å². The zero-order valence-electron chi connectivity index (χ0n) is 12.3. The van der Waals surface area contributed by atoms with Crippen molar-refractivity contribution in [1.29, 1.82) is 0 Å². The van der Waals surface area contributed by atoms with E-state index in [1.807, 2.05) is 24.3 Å². The van der Waals surface area contributed by atoms with Gasteiger partial charge in [-0.3, -0.25) is 14.5 Å². The fourth-order valence-corrected chi connectivity index (χ4v) is 4.60. The highest BCUT2D eigenvalue weighted by atomic mass is 79.9. The number of thioether (sulfide) groups is 1. The molecule has 1 atom stereocenters. The van der Waals surface area contributed by atoms with Crippen LogP contribution in [0.1, 0.15) is 12.8 Å². The Balaban J connectivity index is 1.92. The minimum Gasteiger partial charge on any atom is -0.273 e. The molecular weight excluding hydrogens is 400 g/mol. The molecule has 1 saturated carbocycles. The summed E-state index contributed by atoms with van der Waals surface area (Å²) in [6.07, 6.45) is 4.60. The largest absolute Gasteiger partial charge is 0.273 e. The Bertz CT molecular complexity index is 866. The molecule has 1 heterocycles. The molecule has 1 aromatic carbocycles. The first kappa shape index (κ1) is 16.7. The molecule has 122 valence electrons. The van der Waals surface area contributed by atoms with Gasteiger partial charge in [-0.2, -0.15) is 0 Å². The summed E-state index contributed by atoms with van der Waals surface area (Å²) in [6.45, 7) is 0. The summed E-state index contributed by atoms with van der Waals surface area (Å²) in [6, 6.07) is 7.65. The topological polar surface area (TPSA) is 76.1 Å². The van der Waals surface area contributed by atoms with Gasteiger partial charge in [0.05, 0.1) is 17.0 Å². The predicted octanol–water partition coefficient (Wildman–Crippen LogP) is 2.94. The van der Waals surface area contributed by atoms with Gasteiger partial charge in [0, 0.05) is 21.0 Å². The zero-order chi connectivity index (χ0) is 16.6. The van der Waals surface area contributed by atoms with Crippen molar-refractivity contribution in [2.24, 2.45) is 5.92 Å². The summed E-state index contributed by atoms with van der Waals surface area (Å²) in [7, 11) is -3.55. The molecule has 1 aliphatic carbocycles. The van der Waals surface area contributed by atoms with E-state index in [2.05, 4.69) is 25.6 Å². The van der Waals surface area contributed by atoms with Gasteiger partial charge in [-0.25, -0.2) is 8.42 Å². The molecule has 1 fully saturated rings. The van der Waals surface area contributed by atoms with Gasteiger partial charge in [0.25, 0.3) is 0 Å². The number of halogens is 1. The van der Waals surface area contributed by atoms with Gasteiger partial charge in [-0.05, 0) is 43.0 Å². The van der Waals surface area contributed by atoms with Crippen LogP contribution in [0.25, 0.3) is 10.9 Å². The van der Waals surface area contributed by atoms with Gasteiger partial charge in [0.1, 0.15) is 0 Å². The minimum absolute atomic E-state index is 0.220. The predicted molar refractivity (Wildman–Crippen MR) is 94.8 cm³/mol. The number of pyridine rings is 1. The summed E-state index contributed by atoms with van der Waals surface area (Å²) in [5.41, 5.74) is 0.844. The molecule has 1 amide bonds. The lowest BCUT2D eigenvalue weighted by molar-refractivity contribution is -0.119. The minimum atomic E-state index is -3.55. The number of aromatic nitrogens is 1. The van der Waals surface area contributed by atoms with Gasteiger partial charge < -0.3 is 0 Å². The smallest absolute Gasteiger partial charge is 0.247 e. The van der Waals surface area contributed by atoms with Gasteiger partial charge in [0.15, 0.2) is 0 Å². The van der Waals surface area contributed by atoms with Gasteiger partial charge in [0.2, 0.25) is 15.9 Å². The molecule has 0 spiro atoms. The van der Waals surface area contributed by atoms with Crippen molar-refractivity contribution >= 4 is 54.5 Å². The van der Waals surface area contributed by atoms with Crippen molar-refractivity contribution in [2.45, 2.75) is 23.0 Å². The van der Waals surface area contributed by atoms with Crippen LogP contribution in [0.15, 0.2) is 39.8 Å². The summed E-state index contributed by atoms with van der Waals surface area (Å²) >= 11 is 4.86. The highest BCUT2D eigenvalue weighted by molar-refractivity contribution is 9.10. The van der Waals surface area contributed by atoms with Crippen LogP contribution < -0.4 is 4.72 Å². The standard InChI is InChI=1S/C15H15BrN2O3S2/c1-23(20,21)18-15(19)14(9-2-3-9)22-13-6-7-17-12-5-4-10(16)8-11(12)13/h4-9,14H,2-3H2,1H3,(H,18,19). The average Bonchev–Trinajstić information content (AvgIpc) is 3.27. The molecule has 0 aliphatic heterocycles. The number of fused-ring (bicyclic) bond motifs is 1. The highest BCUT2D eigenvalue weighted by Gasteiger charge is 2.38. The van der Waals surface area contributed by atoms with Crippen LogP contribution in [-0.2, 0) is 14.8 Å². The number of hydrogen-bond donors (Lipinski definition) is 1.